The van der Waals surface area contributed by atoms with Gasteiger partial charge in [0.2, 0.25) is 0 Å². The van der Waals surface area contributed by atoms with Gasteiger partial charge in [-0.2, -0.15) is 0 Å². The van der Waals surface area contributed by atoms with Crippen LogP contribution in [0.3, 0.4) is 0 Å². The van der Waals surface area contributed by atoms with Crippen LogP contribution >= 0.6 is 0 Å². The summed E-state index contributed by atoms with van der Waals surface area (Å²) in [5.74, 6) is 0.798. The van der Waals surface area contributed by atoms with Crippen molar-refractivity contribution in [1.82, 2.24) is 0 Å². The normalized spacial score (nSPS) is 12.7. The summed E-state index contributed by atoms with van der Waals surface area (Å²) in [7, 11) is 1.65. The highest BCUT2D eigenvalue weighted by Gasteiger charge is 2.23. The zero-order chi connectivity index (χ0) is 26.2. The Bertz CT molecular complexity index is 1450. The van der Waals surface area contributed by atoms with Crippen molar-refractivity contribution < 1.29 is 9.53 Å². The Morgan fingerprint density at radius 1 is 0.789 bits per heavy atom. The number of allylic oxidation sites excluding steroid dienone is 3. The molecule has 0 saturated carbocycles. The van der Waals surface area contributed by atoms with E-state index in [1.54, 1.807) is 7.11 Å². The van der Waals surface area contributed by atoms with E-state index in [4.69, 9.17) is 4.74 Å². The zero-order valence-corrected chi connectivity index (χ0v) is 21.4. The molecule has 0 unspecified atom stereocenters. The molecule has 1 amide bonds. The van der Waals surface area contributed by atoms with Crippen molar-refractivity contribution in [3.63, 3.8) is 0 Å². The maximum absolute atomic E-state index is 13.7. The number of nitrogens with zero attached hydrogens (tertiary/aromatic N) is 1. The number of nitrogens with one attached hydrogen (secondary N) is 1. The van der Waals surface area contributed by atoms with Crippen LogP contribution in [0.25, 0.3) is 12.2 Å². The van der Waals surface area contributed by atoms with Gasteiger partial charge in [-0.05, 0) is 59.2 Å². The molecule has 4 nitrogen and oxygen atoms in total. The van der Waals surface area contributed by atoms with Crippen molar-refractivity contribution in [2.75, 3.05) is 17.3 Å². The molecular weight excluding hydrogens is 468 g/mol. The standard InChI is InChI=1S/C34H30N2O2/c1-38-33-22-16-28(17-23-33)25-36(32-10-6-3-7-11-32)34(37)29-18-21-31(24-29)35-30-19-14-27(15-20-30)13-12-26-8-4-2-5-9-26/h2-23,35H,24-25H2,1H3/b13-12-. The number of anilines is 2. The third-order valence-corrected chi connectivity index (χ3v) is 6.44. The van der Waals surface area contributed by atoms with Crippen LogP contribution in [0.4, 0.5) is 11.4 Å². The van der Waals surface area contributed by atoms with E-state index in [1.165, 1.54) is 5.56 Å². The average Bonchev–Trinajstić information content (AvgIpc) is 3.45. The highest BCUT2D eigenvalue weighted by atomic mass is 16.5. The number of carbonyl (C=O) groups excluding carboxylic acids is 1. The third-order valence-electron chi connectivity index (χ3n) is 6.44. The second-order valence-corrected chi connectivity index (χ2v) is 9.13. The number of para-hydroxylation sites is 1. The first-order chi connectivity index (χ1) is 18.7. The van der Waals surface area contributed by atoms with Crippen LogP contribution in [0.5, 0.6) is 5.75 Å². The quantitative estimate of drug-likeness (QED) is 0.240. The molecule has 4 aromatic rings. The van der Waals surface area contributed by atoms with Crippen molar-refractivity contribution in [2.24, 2.45) is 0 Å². The summed E-state index contributed by atoms with van der Waals surface area (Å²) in [6, 6.07) is 36.2. The summed E-state index contributed by atoms with van der Waals surface area (Å²) in [5.41, 5.74) is 6.96. The van der Waals surface area contributed by atoms with E-state index in [2.05, 4.69) is 53.9 Å². The SMILES string of the molecule is COc1ccc(CN(C(=O)C2=CC=C(Nc3ccc(/C=C\c4ccccc4)cc3)C2)c2ccccc2)cc1. The van der Waals surface area contributed by atoms with E-state index in [1.807, 2.05) is 89.8 Å². The van der Waals surface area contributed by atoms with Gasteiger partial charge in [-0.3, -0.25) is 4.79 Å². The number of carbonyl (C=O) groups is 1. The second-order valence-electron chi connectivity index (χ2n) is 9.13. The Balaban J connectivity index is 1.22. The Morgan fingerprint density at radius 2 is 1.42 bits per heavy atom. The minimum absolute atomic E-state index is 0.00136. The molecule has 38 heavy (non-hydrogen) atoms. The number of ether oxygens (including phenoxy) is 1. The van der Waals surface area contributed by atoms with Crippen molar-refractivity contribution >= 4 is 29.4 Å². The molecule has 0 aliphatic heterocycles. The molecule has 0 fully saturated rings. The summed E-state index contributed by atoms with van der Waals surface area (Å²) in [5, 5.41) is 3.47. The van der Waals surface area contributed by atoms with Gasteiger partial charge in [-0.1, -0.05) is 91.0 Å². The number of amides is 1. The molecule has 0 heterocycles. The van der Waals surface area contributed by atoms with E-state index in [0.717, 1.165) is 39.5 Å². The van der Waals surface area contributed by atoms with E-state index in [0.29, 0.717) is 13.0 Å². The molecule has 5 rings (SSSR count). The lowest BCUT2D eigenvalue weighted by Crippen LogP contribution is -2.31. The van der Waals surface area contributed by atoms with Gasteiger partial charge < -0.3 is 15.0 Å². The number of hydrogen-bond acceptors (Lipinski definition) is 3. The van der Waals surface area contributed by atoms with Crippen LogP contribution < -0.4 is 15.0 Å². The predicted molar refractivity (Wildman–Crippen MR) is 157 cm³/mol. The van der Waals surface area contributed by atoms with Gasteiger partial charge >= 0.3 is 0 Å². The fraction of sp³-hybridized carbons (Fsp3) is 0.0882. The van der Waals surface area contributed by atoms with Crippen molar-refractivity contribution in [2.45, 2.75) is 13.0 Å². The molecule has 188 valence electrons. The molecule has 0 bridgehead atoms. The summed E-state index contributed by atoms with van der Waals surface area (Å²) in [4.78, 5) is 15.5. The van der Waals surface area contributed by atoms with Crippen LogP contribution in [0.1, 0.15) is 23.1 Å². The van der Waals surface area contributed by atoms with Gasteiger partial charge in [0, 0.05) is 29.1 Å². The van der Waals surface area contributed by atoms with Crippen molar-refractivity contribution in [3.8, 4) is 5.75 Å². The maximum Gasteiger partial charge on any atom is 0.254 e. The lowest BCUT2D eigenvalue weighted by Gasteiger charge is -2.24. The fourth-order valence-corrected chi connectivity index (χ4v) is 4.35. The van der Waals surface area contributed by atoms with E-state index >= 15 is 0 Å². The summed E-state index contributed by atoms with van der Waals surface area (Å²) in [6.07, 6.45) is 8.68. The van der Waals surface area contributed by atoms with Gasteiger partial charge in [0.25, 0.3) is 5.91 Å². The predicted octanol–water partition coefficient (Wildman–Crippen LogP) is 7.72. The third kappa shape index (κ3) is 6.29. The minimum Gasteiger partial charge on any atom is -0.497 e. The first kappa shape index (κ1) is 24.8. The molecule has 0 atom stereocenters. The molecule has 0 saturated heterocycles. The van der Waals surface area contributed by atoms with Gasteiger partial charge in [-0.15, -0.1) is 0 Å². The highest BCUT2D eigenvalue weighted by molar-refractivity contribution is 6.06. The molecule has 1 N–H and O–H groups in total. The smallest absolute Gasteiger partial charge is 0.254 e. The molecule has 0 spiro atoms. The lowest BCUT2D eigenvalue weighted by molar-refractivity contribution is -0.115. The average molecular weight is 499 g/mol. The second kappa shape index (κ2) is 11.9. The van der Waals surface area contributed by atoms with Crippen LogP contribution in [0.15, 0.2) is 133 Å². The largest absolute Gasteiger partial charge is 0.497 e. The monoisotopic (exact) mass is 498 g/mol. The minimum atomic E-state index is 0.00136. The number of hydrogen-bond donors (Lipinski definition) is 1. The highest BCUT2D eigenvalue weighted by Crippen LogP contribution is 2.27. The van der Waals surface area contributed by atoms with Crippen LogP contribution in [0, 0.1) is 0 Å². The summed E-state index contributed by atoms with van der Waals surface area (Å²) < 4.78 is 5.28. The topological polar surface area (TPSA) is 41.6 Å². The number of benzene rings is 4. The van der Waals surface area contributed by atoms with Crippen molar-refractivity contribution in [3.05, 3.63) is 149 Å². The Kier molecular flexibility index (Phi) is 7.80. The maximum atomic E-state index is 13.7. The van der Waals surface area contributed by atoms with E-state index in [-0.39, 0.29) is 5.91 Å². The van der Waals surface area contributed by atoms with Gasteiger partial charge in [0.1, 0.15) is 5.75 Å². The lowest BCUT2D eigenvalue weighted by atomic mass is 10.1. The van der Waals surface area contributed by atoms with Crippen LogP contribution in [-0.2, 0) is 11.3 Å². The van der Waals surface area contributed by atoms with E-state index in [9.17, 15) is 4.79 Å². The molecule has 0 aromatic heterocycles. The summed E-state index contributed by atoms with van der Waals surface area (Å²) >= 11 is 0. The van der Waals surface area contributed by atoms with Gasteiger partial charge in [0.15, 0.2) is 0 Å². The zero-order valence-electron chi connectivity index (χ0n) is 21.4. The Morgan fingerprint density at radius 3 is 2.08 bits per heavy atom. The molecule has 4 heteroatoms. The van der Waals surface area contributed by atoms with Gasteiger partial charge in [0.05, 0.1) is 13.7 Å². The molecule has 1 aliphatic carbocycles. The van der Waals surface area contributed by atoms with Crippen LogP contribution in [-0.4, -0.2) is 13.0 Å². The molecule has 0 radical (unpaired) electrons. The fourth-order valence-electron chi connectivity index (χ4n) is 4.35. The number of methoxy groups -OCH3 is 1. The van der Waals surface area contributed by atoms with Gasteiger partial charge in [-0.25, -0.2) is 0 Å². The van der Waals surface area contributed by atoms with E-state index < -0.39 is 0 Å². The number of rotatable bonds is 9. The Labute approximate surface area is 224 Å². The Hall–Kier alpha value is -4.83. The molecular formula is C34H30N2O2. The summed E-state index contributed by atoms with van der Waals surface area (Å²) in [6.45, 7) is 0.477. The molecule has 1 aliphatic rings. The molecule has 4 aromatic carbocycles. The van der Waals surface area contributed by atoms with Crippen LogP contribution in [0.2, 0.25) is 0 Å². The first-order valence-corrected chi connectivity index (χ1v) is 12.7. The van der Waals surface area contributed by atoms with Crippen molar-refractivity contribution in [1.29, 1.82) is 0 Å². The first-order valence-electron chi connectivity index (χ1n) is 12.7.